The number of rotatable bonds is 5. The van der Waals surface area contributed by atoms with Crippen LogP contribution in [0.25, 0.3) is 0 Å². The number of oxime groups is 1. The predicted molar refractivity (Wildman–Crippen MR) is 105 cm³/mol. The van der Waals surface area contributed by atoms with Crippen molar-refractivity contribution in [2.45, 2.75) is 37.8 Å². The number of piperidine rings is 1. The molecule has 2 amide bonds. The first-order chi connectivity index (χ1) is 14.0. The molecule has 0 aliphatic carbocycles. The summed E-state index contributed by atoms with van der Waals surface area (Å²) in [5, 5.41) is 11.2. The third kappa shape index (κ3) is 4.44. The van der Waals surface area contributed by atoms with Crippen LogP contribution in [0.4, 0.5) is 0 Å². The fourth-order valence-corrected chi connectivity index (χ4v) is 3.78. The molecule has 1 fully saturated rings. The lowest BCUT2D eigenvalue weighted by molar-refractivity contribution is -0.140. The van der Waals surface area contributed by atoms with E-state index < -0.39 is 5.60 Å². The number of amides is 2. The van der Waals surface area contributed by atoms with Crippen LogP contribution < -0.4 is 5.32 Å². The molecule has 1 atom stereocenters. The summed E-state index contributed by atoms with van der Waals surface area (Å²) in [5.41, 5.74) is 1.42. The average Bonchev–Trinajstić information content (AvgIpc) is 3.33. The van der Waals surface area contributed by atoms with Crippen LogP contribution in [-0.2, 0) is 34.4 Å². The molecule has 1 saturated heterocycles. The lowest BCUT2D eigenvalue weighted by Crippen LogP contribution is -2.51. The maximum atomic E-state index is 12.7. The number of aryl methyl sites for hydroxylation is 1. The SMILES string of the molecule is Cn1ccc(CC(=O)N2CCCC3(CC(C(=O)NCc4cccnc4)=NO3)C2)n1. The highest BCUT2D eigenvalue weighted by molar-refractivity contribution is 6.39. The number of hydrogen-bond acceptors (Lipinski definition) is 6. The van der Waals surface area contributed by atoms with E-state index in [9.17, 15) is 9.59 Å². The molecule has 1 spiro atoms. The Balaban J connectivity index is 1.32. The van der Waals surface area contributed by atoms with Gasteiger partial charge in [-0.05, 0) is 30.5 Å². The first kappa shape index (κ1) is 19.1. The van der Waals surface area contributed by atoms with Crippen molar-refractivity contribution in [2.75, 3.05) is 13.1 Å². The molecule has 2 aromatic rings. The summed E-state index contributed by atoms with van der Waals surface area (Å²) in [6, 6.07) is 5.57. The highest BCUT2D eigenvalue weighted by Gasteiger charge is 2.45. The molecule has 29 heavy (non-hydrogen) atoms. The fraction of sp³-hybridized carbons (Fsp3) is 0.450. The second-order valence-electron chi connectivity index (χ2n) is 7.61. The van der Waals surface area contributed by atoms with Gasteiger partial charge in [0.25, 0.3) is 5.91 Å². The number of likely N-dealkylation sites (tertiary alicyclic amines) is 1. The van der Waals surface area contributed by atoms with E-state index in [1.54, 1.807) is 22.0 Å². The molecule has 0 aromatic carbocycles. The Bertz CT molecular complexity index is 925. The molecular formula is C20H24N6O3. The quantitative estimate of drug-likeness (QED) is 0.806. The van der Waals surface area contributed by atoms with Gasteiger partial charge >= 0.3 is 0 Å². The zero-order valence-electron chi connectivity index (χ0n) is 16.4. The van der Waals surface area contributed by atoms with Crippen LogP contribution in [0.15, 0.2) is 41.9 Å². The summed E-state index contributed by atoms with van der Waals surface area (Å²) >= 11 is 0. The molecule has 2 aromatic heterocycles. The van der Waals surface area contributed by atoms with Crippen LogP contribution in [0.3, 0.4) is 0 Å². The van der Waals surface area contributed by atoms with E-state index in [0.717, 1.165) is 24.1 Å². The zero-order valence-corrected chi connectivity index (χ0v) is 16.4. The number of carbonyl (C=O) groups excluding carboxylic acids is 2. The van der Waals surface area contributed by atoms with Gasteiger partial charge in [-0.15, -0.1) is 0 Å². The number of nitrogens with one attached hydrogen (secondary N) is 1. The highest BCUT2D eigenvalue weighted by atomic mass is 16.7. The highest BCUT2D eigenvalue weighted by Crippen LogP contribution is 2.33. The maximum Gasteiger partial charge on any atom is 0.269 e. The summed E-state index contributed by atoms with van der Waals surface area (Å²) in [6.07, 6.45) is 7.46. The van der Waals surface area contributed by atoms with Crippen LogP contribution >= 0.6 is 0 Å². The number of pyridine rings is 1. The minimum atomic E-state index is -0.612. The van der Waals surface area contributed by atoms with Gasteiger partial charge in [0.1, 0.15) is 5.71 Å². The van der Waals surface area contributed by atoms with Gasteiger partial charge in [-0.2, -0.15) is 5.10 Å². The smallest absolute Gasteiger partial charge is 0.269 e. The molecule has 0 saturated carbocycles. The third-order valence-corrected chi connectivity index (χ3v) is 5.27. The molecule has 0 radical (unpaired) electrons. The Morgan fingerprint density at radius 3 is 3.00 bits per heavy atom. The second-order valence-corrected chi connectivity index (χ2v) is 7.61. The lowest BCUT2D eigenvalue weighted by atomic mass is 9.88. The molecule has 1 N–H and O–H groups in total. The molecule has 9 heteroatoms. The predicted octanol–water partition coefficient (Wildman–Crippen LogP) is 0.812. The molecule has 9 nitrogen and oxygen atoms in total. The van der Waals surface area contributed by atoms with Gasteiger partial charge in [0.05, 0.1) is 18.7 Å². The largest absolute Gasteiger partial charge is 0.386 e. The second kappa shape index (κ2) is 8.02. The summed E-state index contributed by atoms with van der Waals surface area (Å²) in [4.78, 5) is 36.7. The van der Waals surface area contributed by atoms with Gasteiger partial charge in [0, 0.05) is 45.1 Å². The van der Waals surface area contributed by atoms with Crippen molar-refractivity contribution in [2.24, 2.45) is 12.2 Å². The number of aromatic nitrogens is 3. The first-order valence-corrected chi connectivity index (χ1v) is 9.71. The number of hydrogen-bond donors (Lipinski definition) is 1. The van der Waals surface area contributed by atoms with Crippen molar-refractivity contribution in [3.8, 4) is 0 Å². The minimum absolute atomic E-state index is 0.0147. The van der Waals surface area contributed by atoms with E-state index in [4.69, 9.17) is 4.84 Å². The molecular weight excluding hydrogens is 372 g/mol. The summed E-state index contributed by atoms with van der Waals surface area (Å²) in [5.74, 6) is -0.233. The summed E-state index contributed by atoms with van der Waals surface area (Å²) < 4.78 is 1.69. The van der Waals surface area contributed by atoms with Crippen molar-refractivity contribution in [3.05, 3.63) is 48.0 Å². The van der Waals surface area contributed by atoms with Crippen LogP contribution in [0.2, 0.25) is 0 Å². The van der Waals surface area contributed by atoms with Crippen molar-refractivity contribution >= 4 is 17.5 Å². The number of nitrogens with zero attached hydrogens (tertiary/aromatic N) is 5. The van der Waals surface area contributed by atoms with Crippen molar-refractivity contribution < 1.29 is 14.4 Å². The molecule has 2 aliphatic heterocycles. The molecule has 1 unspecified atom stereocenters. The standard InChI is InChI=1S/C20H24N6O3/c1-25-9-5-16(23-25)10-18(27)26-8-3-6-20(14-26)11-17(24-29-20)19(28)22-13-15-4-2-7-21-12-15/h2,4-5,7,9,12H,3,6,8,10-11,13-14H2,1H3,(H,22,28). The van der Waals surface area contributed by atoms with Gasteiger partial charge in [-0.1, -0.05) is 11.2 Å². The fourth-order valence-electron chi connectivity index (χ4n) is 3.78. The molecule has 4 rings (SSSR count). The Hall–Kier alpha value is -3.23. The molecule has 2 aliphatic rings. The van der Waals surface area contributed by atoms with E-state index in [2.05, 4.69) is 20.6 Å². The van der Waals surface area contributed by atoms with Crippen molar-refractivity contribution in [1.82, 2.24) is 25.0 Å². The topological polar surface area (TPSA) is 102 Å². The van der Waals surface area contributed by atoms with Crippen molar-refractivity contribution in [1.29, 1.82) is 0 Å². The Labute approximate surface area is 168 Å². The Morgan fingerprint density at radius 1 is 1.34 bits per heavy atom. The van der Waals surface area contributed by atoms with E-state index in [1.165, 1.54) is 0 Å². The maximum absolute atomic E-state index is 12.7. The third-order valence-electron chi connectivity index (χ3n) is 5.27. The summed E-state index contributed by atoms with van der Waals surface area (Å²) in [6.45, 7) is 1.49. The normalized spacial score (nSPS) is 21.0. The first-order valence-electron chi connectivity index (χ1n) is 9.71. The van der Waals surface area contributed by atoms with E-state index >= 15 is 0 Å². The monoisotopic (exact) mass is 396 g/mol. The van der Waals surface area contributed by atoms with Gasteiger partial charge in [0.15, 0.2) is 5.60 Å². The minimum Gasteiger partial charge on any atom is -0.386 e. The van der Waals surface area contributed by atoms with Gasteiger partial charge < -0.3 is 15.1 Å². The zero-order chi connectivity index (χ0) is 20.3. The molecule has 152 valence electrons. The Morgan fingerprint density at radius 2 is 2.24 bits per heavy atom. The van der Waals surface area contributed by atoms with Crippen LogP contribution in [0.5, 0.6) is 0 Å². The van der Waals surface area contributed by atoms with Crippen LogP contribution in [0.1, 0.15) is 30.5 Å². The van der Waals surface area contributed by atoms with E-state index in [0.29, 0.717) is 31.8 Å². The number of carbonyl (C=O) groups is 2. The lowest BCUT2D eigenvalue weighted by Gasteiger charge is -2.38. The van der Waals surface area contributed by atoms with Crippen molar-refractivity contribution in [3.63, 3.8) is 0 Å². The van der Waals surface area contributed by atoms with Gasteiger partial charge in [0.2, 0.25) is 5.91 Å². The molecule has 4 heterocycles. The van der Waals surface area contributed by atoms with E-state index in [1.807, 2.05) is 31.4 Å². The average molecular weight is 396 g/mol. The van der Waals surface area contributed by atoms with Crippen LogP contribution in [0, 0.1) is 0 Å². The van der Waals surface area contributed by atoms with Crippen LogP contribution in [-0.4, -0.2) is 55.9 Å². The van der Waals surface area contributed by atoms with E-state index in [-0.39, 0.29) is 18.2 Å². The van der Waals surface area contributed by atoms with Gasteiger partial charge in [-0.25, -0.2) is 0 Å². The Kier molecular flexibility index (Phi) is 5.28. The summed E-state index contributed by atoms with van der Waals surface area (Å²) in [7, 11) is 1.83. The molecule has 0 bridgehead atoms. The van der Waals surface area contributed by atoms with Gasteiger partial charge in [-0.3, -0.25) is 19.3 Å².